The molecule has 1 nitrogen and oxygen atoms in total. The normalized spacial score (nSPS) is 14.7. The standard InChI is InChI=1S/C24H22ClFO/c25-20-11-9-19(10-12-20)24(15-16-24)14-4-5-18-8-13-22(26)23(17-18)27-21-6-2-1-3-7-21/h1-3,6-13,17H,4-5,14-16H2. The summed E-state index contributed by atoms with van der Waals surface area (Å²) < 4.78 is 19.8. The van der Waals surface area contributed by atoms with E-state index >= 15 is 0 Å². The molecule has 0 radical (unpaired) electrons. The first-order valence-corrected chi connectivity index (χ1v) is 9.80. The predicted octanol–water partition coefficient (Wildman–Crippen LogP) is 7.33. The smallest absolute Gasteiger partial charge is 0.165 e. The number of benzene rings is 3. The van der Waals surface area contributed by atoms with Crippen molar-refractivity contribution in [2.24, 2.45) is 0 Å². The van der Waals surface area contributed by atoms with E-state index in [2.05, 4.69) is 12.1 Å². The zero-order valence-electron chi connectivity index (χ0n) is 15.1. The molecule has 27 heavy (non-hydrogen) atoms. The second-order valence-corrected chi connectivity index (χ2v) is 7.76. The minimum absolute atomic E-state index is 0.289. The Kier molecular flexibility index (Phi) is 5.18. The summed E-state index contributed by atoms with van der Waals surface area (Å²) in [5.41, 5.74) is 2.81. The van der Waals surface area contributed by atoms with Crippen LogP contribution >= 0.6 is 11.6 Å². The molecule has 0 saturated heterocycles. The van der Waals surface area contributed by atoms with Gasteiger partial charge in [-0.15, -0.1) is 0 Å². The molecule has 1 aliphatic rings. The third-order valence-corrected chi connectivity index (χ3v) is 5.65. The number of halogens is 2. The Bertz CT molecular complexity index is 901. The van der Waals surface area contributed by atoms with Gasteiger partial charge >= 0.3 is 0 Å². The summed E-state index contributed by atoms with van der Waals surface area (Å²) in [4.78, 5) is 0. The van der Waals surface area contributed by atoms with E-state index in [1.54, 1.807) is 0 Å². The highest BCUT2D eigenvalue weighted by Crippen LogP contribution is 2.52. The Morgan fingerprint density at radius 3 is 2.37 bits per heavy atom. The van der Waals surface area contributed by atoms with Crippen LogP contribution < -0.4 is 4.74 Å². The highest BCUT2D eigenvalue weighted by atomic mass is 35.5. The first-order chi connectivity index (χ1) is 13.1. The molecule has 1 saturated carbocycles. The van der Waals surface area contributed by atoms with E-state index in [0.29, 0.717) is 11.2 Å². The fourth-order valence-electron chi connectivity index (χ4n) is 3.67. The van der Waals surface area contributed by atoms with E-state index < -0.39 is 0 Å². The average molecular weight is 381 g/mol. The Morgan fingerprint density at radius 2 is 1.67 bits per heavy atom. The van der Waals surface area contributed by atoms with Crippen molar-refractivity contribution in [3.05, 3.63) is 94.8 Å². The number of para-hydroxylation sites is 1. The Hall–Kier alpha value is -2.32. The molecule has 3 heteroatoms. The first-order valence-electron chi connectivity index (χ1n) is 9.42. The van der Waals surface area contributed by atoms with Crippen LogP contribution in [0.25, 0.3) is 0 Å². The van der Waals surface area contributed by atoms with Crippen molar-refractivity contribution in [3.8, 4) is 11.5 Å². The van der Waals surface area contributed by atoms with Crippen LogP contribution in [0.1, 0.15) is 36.8 Å². The molecule has 0 unspecified atom stereocenters. The van der Waals surface area contributed by atoms with Gasteiger partial charge in [0.05, 0.1) is 0 Å². The third-order valence-electron chi connectivity index (χ3n) is 5.40. The Morgan fingerprint density at radius 1 is 0.926 bits per heavy atom. The van der Waals surface area contributed by atoms with Gasteiger partial charge in [0.15, 0.2) is 11.6 Å². The van der Waals surface area contributed by atoms with Crippen molar-refractivity contribution in [2.45, 2.75) is 37.5 Å². The van der Waals surface area contributed by atoms with Crippen LogP contribution in [0.15, 0.2) is 72.8 Å². The van der Waals surface area contributed by atoms with Gasteiger partial charge < -0.3 is 4.74 Å². The van der Waals surface area contributed by atoms with E-state index in [9.17, 15) is 4.39 Å². The lowest BCUT2D eigenvalue weighted by atomic mass is 9.89. The van der Waals surface area contributed by atoms with Crippen molar-refractivity contribution in [1.29, 1.82) is 0 Å². The summed E-state index contributed by atoms with van der Waals surface area (Å²) in [6.45, 7) is 0. The van der Waals surface area contributed by atoms with Crippen molar-refractivity contribution in [1.82, 2.24) is 0 Å². The largest absolute Gasteiger partial charge is 0.454 e. The molecule has 4 rings (SSSR count). The van der Waals surface area contributed by atoms with Crippen molar-refractivity contribution in [3.63, 3.8) is 0 Å². The van der Waals surface area contributed by atoms with Gasteiger partial charge in [0, 0.05) is 5.02 Å². The molecular weight excluding hydrogens is 359 g/mol. The van der Waals surface area contributed by atoms with Gasteiger partial charge in [0.2, 0.25) is 0 Å². The van der Waals surface area contributed by atoms with E-state index in [4.69, 9.17) is 16.3 Å². The summed E-state index contributed by atoms with van der Waals surface area (Å²) in [6, 6.07) is 22.8. The molecule has 0 aromatic heterocycles. The van der Waals surface area contributed by atoms with Gasteiger partial charge in [-0.2, -0.15) is 0 Å². The molecule has 0 N–H and O–H groups in total. The highest BCUT2D eigenvalue weighted by Gasteiger charge is 2.43. The summed E-state index contributed by atoms with van der Waals surface area (Å²) in [6.07, 6.45) is 5.60. The molecule has 138 valence electrons. The maximum absolute atomic E-state index is 14.1. The molecule has 3 aromatic carbocycles. The van der Waals surface area contributed by atoms with Crippen LogP contribution in [0.5, 0.6) is 11.5 Å². The average Bonchev–Trinajstić information content (AvgIpc) is 3.47. The van der Waals surface area contributed by atoms with Crippen molar-refractivity contribution >= 4 is 11.6 Å². The van der Waals surface area contributed by atoms with E-state index in [1.807, 2.05) is 54.6 Å². The van der Waals surface area contributed by atoms with Crippen LogP contribution in [-0.4, -0.2) is 0 Å². The van der Waals surface area contributed by atoms with E-state index in [1.165, 1.54) is 24.5 Å². The lowest BCUT2D eigenvalue weighted by Crippen LogP contribution is -2.06. The van der Waals surface area contributed by atoms with Gasteiger partial charge in [0.1, 0.15) is 5.75 Å². The highest BCUT2D eigenvalue weighted by molar-refractivity contribution is 6.30. The number of hydrogen-bond donors (Lipinski definition) is 0. The molecule has 0 spiro atoms. The van der Waals surface area contributed by atoms with E-state index in [-0.39, 0.29) is 11.6 Å². The summed E-state index contributed by atoms with van der Waals surface area (Å²) in [5.74, 6) is 0.605. The van der Waals surface area contributed by atoms with Crippen LogP contribution in [-0.2, 0) is 11.8 Å². The number of ether oxygens (including phenoxy) is 1. The minimum Gasteiger partial charge on any atom is -0.454 e. The minimum atomic E-state index is -0.331. The summed E-state index contributed by atoms with van der Waals surface area (Å²) >= 11 is 6.01. The summed E-state index contributed by atoms with van der Waals surface area (Å²) in [7, 11) is 0. The van der Waals surface area contributed by atoms with Crippen LogP contribution in [0.2, 0.25) is 5.02 Å². The molecule has 1 fully saturated rings. The predicted molar refractivity (Wildman–Crippen MR) is 108 cm³/mol. The van der Waals surface area contributed by atoms with Gasteiger partial charge in [-0.1, -0.05) is 48.0 Å². The zero-order chi connectivity index (χ0) is 18.7. The lowest BCUT2D eigenvalue weighted by Gasteiger charge is -2.16. The third kappa shape index (κ3) is 4.33. The molecule has 3 aromatic rings. The molecule has 0 heterocycles. The maximum atomic E-state index is 14.1. The molecule has 0 bridgehead atoms. The summed E-state index contributed by atoms with van der Waals surface area (Å²) in [5, 5.41) is 0.784. The van der Waals surface area contributed by atoms with Crippen LogP contribution in [0, 0.1) is 5.82 Å². The van der Waals surface area contributed by atoms with Crippen molar-refractivity contribution < 1.29 is 9.13 Å². The molecule has 0 atom stereocenters. The number of hydrogen-bond acceptors (Lipinski definition) is 1. The fraction of sp³-hybridized carbons (Fsp3) is 0.250. The molecule has 0 amide bonds. The lowest BCUT2D eigenvalue weighted by molar-refractivity contribution is 0.441. The SMILES string of the molecule is Fc1ccc(CCCC2(c3ccc(Cl)cc3)CC2)cc1Oc1ccccc1. The van der Waals surface area contributed by atoms with Crippen LogP contribution in [0.4, 0.5) is 4.39 Å². The molecule has 0 aliphatic heterocycles. The van der Waals surface area contributed by atoms with Gasteiger partial charge in [0.25, 0.3) is 0 Å². The Balaban J connectivity index is 1.39. The maximum Gasteiger partial charge on any atom is 0.165 e. The topological polar surface area (TPSA) is 9.23 Å². The van der Waals surface area contributed by atoms with Gasteiger partial charge in [-0.25, -0.2) is 4.39 Å². The van der Waals surface area contributed by atoms with Gasteiger partial charge in [-0.05, 0) is 85.0 Å². The zero-order valence-corrected chi connectivity index (χ0v) is 15.9. The van der Waals surface area contributed by atoms with E-state index in [0.717, 1.165) is 29.8 Å². The fourth-order valence-corrected chi connectivity index (χ4v) is 3.79. The Labute approximate surface area is 164 Å². The number of rotatable bonds is 7. The molecular formula is C24H22ClFO. The second-order valence-electron chi connectivity index (χ2n) is 7.32. The molecule has 1 aliphatic carbocycles. The van der Waals surface area contributed by atoms with Crippen LogP contribution in [0.3, 0.4) is 0 Å². The first kappa shape index (κ1) is 18.1. The quantitative estimate of drug-likeness (QED) is 0.417. The second kappa shape index (κ2) is 7.74. The van der Waals surface area contributed by atoms with Gasteiger partial charge in [-0.3, -0.25) is 0 Å². The number of aryl methyl sites for hydroxylation is 1. The van der Waals surface area contributed by atoms with Crippen molar-refractivity contribution in [2.75, 3.05) is 0 Å². The monoisotopic (exact) mass is 380 g/mol.